The largest absolute Gasteiger partial charge is 0.460 e. The van der Waals surface area contributed by atoms with Crippen molar-refractivity contribution >= 4 is 35.9 Å². The lowest BCUT2D eigenvalue weighted by molar-refractivity contribution is 0.546. The molecule has 1 aromatic heterocycles. The Hall–Kier alpha value is -2.49. The maximum absolute atomic E-state index is 5.97. The number of furan rings is 1. The van der Waals surface area contributed by atoms with E-state index in [0.29, 0.717) is 12.4 Å². The molecule has 4 nitrogen and oxygen atoms in total. The van der Waals surface area contributed by atoms with E-state index in [-0.39, 0.29) is 0 Å². The number of rotatable bonds is 3. The highest BCUT2D eigenvalue weighted by Crippen LogP contribution is 2.31. The van der Waals surface area contributed by atoms with Gasteiger partial charge in [-0.25, -0.2) is 4.99 Å². The molecule has 106 valence electrons. The van der Waals surface area contributed by atoms with E-state index in [1.807, 2.05) is 19.1 Å². The molecule has 21 heavy (non-hydrogen) atoms. The second-order valence-electron chi connectivity index (χ2n) is 4.82. The van der Waals surface area contributed by atoms with Crippen LogP contribution in [-0.2, 0) is 6.42 Å². The van der Waals surface area contributed by atoms with Gasteiger partial charge in [0.05, 0.1) is 0 Å². The minimum Gasteiger partial charge on any atom is -0.460 e. The molecule has 1 aromatic carbocycles. The number of fused-ring (bicyclic) bond motifs is 3. The van der Waals surface area contributed by atoms with E-state index in [4.69, 9.17) is 4.42 Å². The summed E-state index contributed by atoms with van der Waals surface area (Å²) in [4.78, 5) is 12.3. The van der Waals surface area contributed by atoms with Crippen molar-refractivity contribution in [3.63, 3.8) is 0 Å². The molecule has 0 fully saturated rings. The zero-order valence-corrected chi connectivity index (χ0v) is 12.0. The SMILES string of the molecule is C=N/C=N\C(=N/CC)c1ccc2c3c(oc2c1)CCC=C3. The van der Waals surface area contributed by atoms with Gasteiger partial charge in [0, 0.05) is 29.5 Å². The van der Waals surface area contributed by atoms with Gasteiger partial charge in [0.2, 0.25) is 0 Å². The van der Waals surface area contributed by atoms with Crippen LogP contribution in [0.25, 0.3) is 17.0 Å². The smallest absolute Gasteiger partial charge is 0.156 e. The van der Waals surface area contributed by atoms with Crippen LogP contribution >= 0.6 is 0 Å². The summed E-state index contributed by atoms with van der Waals surface area (Å²) in [6.07, 6.45) is 7.75. The Bertz CT molecular complexity index is 766. The van der Waals surface area contributed by atoms with Gasteiger partial charge in [0.25, 0.3) is 0 Å². The van der Waals surface area contributed by atoms with Crippen LogP contribution in [0.2, 0.25) is 0 Å². The van der Waals surface area contributed by atoms with Gasteiger partial charge in [-0.1, -0.05) is 18.2 Å². The van der Waals surface area contributed by atoms with Gasteiger partial charge in [0.15, 0.2) is 5.84 Å². The first-order valence-electron chi connectivity index (χ1n) is 7.08. The van der Waals surface area contributed by atoms with E-state index in [1.165, 1.54) is 11.9 Å². The second-order valence-corrected chi connectivity index (χ2v) is 4.82. The minimum atomic E-state index is 0.650. The van der Waals surface area contributed by atoms with Gasteiger partial charge in [0.1, 0.15) is 17.7 Å². The number of benzene rings is 1. The summed E-state index contributed by atoms with van der Waals surface area (Å²) in [5.41, 5.74) is 3.02. The predicted molar refractivity (Wildman–Crippen MR) is 88.7 cm³/mol. The summed E-state index contributed by atoms with van der Waals surface area (Å²) in [6, 6.07) is 6.09. The zero-order chi connectivity index (χ0) is 14.7. The van der Waals surface area contributed by atoms with Gasteiger partial charge in [-0.3, -0.25) is 9.98 Å². The molecule has 3 rings (SSSR count). The predicted octanol–water partition coefficient (Wildman–Crippen LogP) is 3.89. The molecule has 2 aromatic rings. The average Bonchev–Trinajstić information content (AvgIpc) is 2.89. The van der Waals surface area contributed by atoms with Crippen molar-refractivity contribution in [2.75, 3.05) is 6.54 Å². The lowest BCUT2D eigenvalue weighted by Crippen LogP contribution is -1.98. The molecule has 0 N–H and O–H groups in total. The number of allylic oxidation sites excluding steroid dienone is 1. The molecular formula is C17H17N3O. The second kappa shape index (κ2) is 5.87. The fourth-order valence-corrected chi connectivity index (χ4v) is 2.54. The first-order chi connectivity index (χ1) is 10.3. The van der Waals surface area contributed by atoms with Crippen molar-refractivity contribution in [2.24, 2.45) is 15.0 Å². The number of amidine groups is 1. The van der Waals surface area contributed by atoms with Crippen LogP contribution in [0, 0.1) is 0 Å². The molecule has 0 amide bonds. The molecule has 1 aliphatic rings. The zero-order valence-electron chi connectivity index (χ0n) is 12.0. The lowest BCUT2D eigenvalue weighted by Gasteiger charge is -2.02. The van der Waals surface area contributed by atoms with Crippen LogP contribution in [0.3, 0.4) is 0 Å². The molecule has 4 heteroatoms. The summed E-state index contributed by atoms with van der Waals surface area (Å²) >= 11 is 0. The molecule has 0 atom stereocenters. The number of aryl methyl sites for hydroxylation is 1. The molecule has 0 aliphatic heterocycles. The third-order valence-electron chi connectivity index (χ3n) is 3.46. The van der Waals surface area contributed by atoms with E-state index in [1.54, 1.807) is 0 Å². The number of hydrogen-bond donors (Lipinski definition) is 0. The summed E-state index contributed by atoms with van der Waals surface area (Å²) in [5.74, 6) is 1.71. The normalized spacial score (nSPS) is 14.8. The molecule has 0 saturated carbocycles. The van der Waals surface area contributed by atoms with Crippen molar-refractivity contribution in [3.8, 4) is 0 Å². The van der Waals surface area contributed by atoms with Crippen LogP contribution in [-0.4, -0.2) is 25.4 Å². The summed E-state index contributed by atoms with van der Waals surface area (Å²) in [7, 11) is 0. The van der Waals surface area contributed by atoms with Gasteiger partial charge in [-0.2, -0.15) is 0 Å². The average molecular weight is 279 g/mol. The first kappa shape index (κ1) is 13.5. The number of nitrogens with zero attached hydrogens (tertiary/aromatic N) is 3. The van der Waals surface area contributed by atoms with E-state index >= 15 is 0 Å². The highest BCUT2D eigenvalue weighted by molar-refractivity contribution is 6.05. The van der Waals surface area contributed by atoms with Crippen LogP contribution < -0.4 is 0 Å². The molecular weight excluding hydrogens is 262 g/mol. The Labute approximate surface area is 123 Å². The van der Waals surface area contributed by atoms with E-state index in [2.05, 4.69) is 39.9 Å². The van der Waals surface area contributed by atoms with Crippen LogP contribution in [0.15, 0.2) is 43.7 Å². The van der Waals surface area contributed by atoms with Gasteiger partial charge in [-0.15, -0.1) is 0 Å². The van der Waals surface area contributed by atoms with E-state index < -0.39 is 0 Å². The van der Waals surface area contributed by atoms with Crippen molar-refractivity contribution in [1.82, 2.24) is 0 Å². The highest BCUT2D eigenvalue weighted by Gasteiger charge is 2.15. The van der Waals surface area contributed by atoms with Crippen molar-refractivity contribution in [1.29, 1.82) is 0 Å². The Morgan fingerprint density at radius 2 is 2.33 bits per heavy atom. The topological polar surface area (TPSA) is 50.2 Å². The molecule has 0 radical (unpaired) electrons. The molecule has 1 aliphatic carbocycles. The molecule has 0 unspecified atom stereocenters. The first-order valence-corrected chi connectivity index (χ1v) is 7.08. The molecule has 0 spiro atoms. The Balaban J connectivity index is 2.08. The molecule has 0 bridgehead atoms. The fraction of sp³-hybridized carbons (Fsp3) is 0.235. The van der Waals surface area contributed by atoms with E-state index in [0.717, 1.165) is 35.1 Å². The van der Waals surface area contributed by atoms with E-state index in [9.17, 15) is 0 Å². The van der Waals surface area contributed by atoms with Crippen LogP contribution in [0.5, 0.6) is 0 Å². The summed E-state index contributed by atoms with van der Waals surface area (Å²) < 4.78 is 5.97. The maximum atomic E-state index is 5.97. The summed E-state index contributed by atoms with van der Waals surface area (Å²) in [6.45, 7) is 6.04. The Morgan fingerprint density at radius 1 is 1.43 bits per heavy atom. The van der Waals surface area contributed by atoms with Gasteiger partial charge < -0.3 is 4.42 Å². The highest BCUT2D eigenvalue weighted by atomic mass is 16.3. The number of hydrogen-bond acceptors (Lipinski definition) is 2. The Morgan fingerprint density at radius 3 is 3.14 bits per heavy atom. The van der Waals surface area contributed by atoms with Gasteiger partial charge >= 0.3 is 0 Å². The molecule has 1 heterocycles. The molecule has 0 saturated heterocycles. The maximum Gasteiger partial charge on any atom is 0.156 e. The van der Waals surface area contributed by atoms with Crippen LogP contribution in [0.4, 0.5) is 0 Å². The third-order valence-corrected chi connectivity index (χ3v) is 3.46. The van der Waals surface area contributed by atoms with Crippen LogP contribution in [0.1, 0.15) is 30.2 Å². The van der Waals surface area contributed by atoms with Crippen molar-refractivity contribution < 1.29 is 4.42 Å². The third kappa shape index (κ3) is 2.57. The fourth-order valence-electron chi connectivity index (χ4n) is 2.54. The summed E-state index contributed by atoms with van der Waals surface area (Å²) in [5, 5.41) is 1.14. The van der Waals surface area contributed by atoms with Crippen molar-refractivity contribution in [3.05, 3.63) is 41.2 Å². The standard InChI is InChI=1S/C17H17N3O/c1-3-19-17(20-11-18-2)12-8-9-14-13-6-4-5-7-15(13)21-16(14)10-12/h4,6,8-11H,2-3,5,7H2,1H3/b19-17-,20-11-. The minimum absolute atomic E-state index is 0.650. The lowest BCUT2D eigenvalue weighted by atomic mass is 10.0. The quantitative estimate of drug-likeness (QED) is 0.621. The van der Waals surface area contributed by atoms with Crippen molar-refractivity contribution in [2.45, 2.75) is 19.8 Å². The van der Waals surface area contributed by atoms with Gasteiger partial charge in [-0.05, 0) is 32.2 Å². The number of aliphatic imine (C=N–C) groups is 3. The monoisotopic (exact) mass is 279 g/mol. The Kier molecular flexibility index (Phi) is 3.77.